The second-order valence-corrected chi connectivity index (χ2v) is 3.20. The Kier molecular flexibility index (Phi) is 3.88. The van der Waals surface area contributed by atoms with Crippen LogP contribution in [0.2, 0.25) is 0 Å². The topological polar surface area (TPSA) is 21.3 Å². The van der Waals surface area contributed by atoms with Gasteiger partial charge in [0.15, 0.2) is 0 Å². The van der Waals surface area contributed by atoms with Gasteiger partial charge in [-0.2, -0.15) is 0 Å². The Morgan fingerprint density at radius 2 is 2.33 bits per heavy atom. The second-order valence-electron chi connectivity index (χ2n) is 3.20. The molecule has 0 bridgehead atoms. The second kappa shape index (κ2) is 4.72. The molecule has 1 fully saturated rings. The van der Waals surface area contributed by atoms with E-state index in [9.17, 15) is 8.78 Å². The maximum Gasteiger partial charge on any atom is 0.250 e. The van der Waals surface area contributed by atoms with Gasteiger partial charge in [-0.25, -0.2) is 8.78 Å². The minimum absolute atomic E-state index is 0.197. The Hall–Kier alpha value is -0.220. The van der Waals surface area contributed by atoms with Gasteiger partial charge >= 0.3 is 0 Å². The van der Waals surface area contributed by atoms with Crippen molar-refractivity contribution in [2.45, 2.75) is 38.3 Å². The zero-order chi connectivity index (χ0) is 8.97. The fourth-order valence-corrected chi connectivity index (χ4v) is 1.44. The smallest absolute Gasteiger partial charge is 0.250 e. The monoisotopic (exact) mass is 179 g/mol. The largest absolute Gasteiger partial charge is 0.378 e. The number of halogens is 2. The van der Waals surface area contributed by atoms with Crippen molar-refractivity contribution < 1.29 is 13.5 Å². The standard InChI is InChI=1S/C8H15F2NO/c1-6-4-7(2-3-12-6)11-5-8(9)10/h6-8,11H,2-5H2,1H3. The van der Waals surface area contributed by atoms with E-state index in [1.54, 1.807) is 0 Å². The fraction of sp³-hybridized carbons (Fsp3) is 1.00. The predicted molar refractivity (Wildman–Crippen MR) is 42.4 cm³/mol. The quantitative estimate of drug-likeness (QED) is 0.707. The number of alkyl halides is 2. The molecule has 0 aliphatic carbocycles. The lowest BCUT2D eigenvalue weighted by molar-refractivity contribution is 0.00995. The van der Waals surface area contributed by atoms with Crippen molar-refractivity contribution >= 4 is 0 Å². The molecular weight excluding hydrogens is 164 g/mol. The highest BCUT2D eigenvalue weighted by atomic mass is 19.3. The summed E-state index contributed by atoms with van der Waals surface area (Å²) in [6, 6.07) is 0.211. The summed E-state index contributed by atoms with van der Waals surface area (Å²) in [7, 11) is 0. The third-order valence-electron chi connectivity index (χ3n) is 2.05. The summed E-state index contributed by atoms with van der Waals surface area (Å²) in [5.74, 6) is 0. The van der Waals surface area contributed by atoms with Gasteiger partial charge in [0.25, 0.3) is 6.43 Å². The maximum absolute atomic E-state index is 11.8. The molecule has 12 heavy (non-hydrogen) atoms. The van der Waals surface area contributed by atoms with E-state index in [4.69, 9.17) is 4.74 Å². The molecular formula is C8H15F2NO. The summed E-state index contributed by atoms with van der Waals surface area (Å²) in [6.45, 7) is 2.45. The van der Waals surface area contributed by atoms with Gasteiger partial charge in [-0.1, -0.05) is 0 Å². The van der Waals surface area contributed by atoms with Crippen LogP contribution in [0, 0.1) is 0 Å². The molecule has 0 spiro atoms. The Labute approximate surface area is 71.3 Å². The van der Waals surface area contributed by atoms with E-state index in [-0.39, 0.29) is 18.7 Å². The van der Waals surface area contributed by atoms with E-state index in [2.05, 4.69) is 5.32 Å². The van der Waals surface area contributed by atoms with E-state index in [1.165, 1.54) is 0 Å². The molecule has 1 rings (SSSR count). The Balaban J connectivity index is 2.14. The molecule has 2 nitrogen and oxygen atoms in total. The third kappa shape index (κ3) is 3.45. The van der Waals surface area contributed by atoms with Crippen LogP contribution in [0.1, 0.15) is 19.8 Å². The van der Waals surface area contributed by atoms with Crippen LogP contribution in [-0.4, -0.2) is 31.7 Å². The van der Waals surface area contributed by atoms with E-state index >= 15 is 0 Å². The van der Waals surface area contributed by atoms with Crippen LogP contribution in [0.25, 0.3) is 0 Å². The van der Waals surface area contributed by atoms with Crippen molar-refractivity contribution in [1.29, 1.82) is 0 Å². The number of hydrogen-bond donors (Lipinski definition) is 1. The first-order chi connectivity index (χ1) is 5.68. The normalized spacial score (nSPS) is 31.0. The summed E-state index contributed by atoms with van der Waals surface area (Å²) in [6.07, 6.45) is -0.360. The zero-order valence-corrected chi connectivity index (χ0v) is 7.22. The summed E-state index contributed by atoms with van der Waals surface area (Å²) in [4.78, 5) is 0. The maximum atomic E-state index is 11.8. The van der Waals surface area contributed by atoms with Crippen molar-refractivity contribution in [3.05, 3.63) is 0 Å². The van der Waals surface area contributed by atoms with Crippen LogP contribution in [0.3, 0.4) is 0 Å². The molecule has 1 aliphatic rings. The summed E-state index contributed by atoms with van der Waals surface area (Å²) >= 11 is 0. The van der Waals surface area contributed by atoms with E-state index in [1.807, 2.05) is 6.92 Å². The molecule has 0 amide bonds. The molecule has 0 aromatic rings. The molecule has 1 aliphatic heterocycles. The molecule has 0 saturated carbocycles. The number of nitrogens with one attached hydrogen (secondary N) is 1. The predicted octanol–water partition coefficient (Wildman–Crippen LogP) is 1.41. The molecule has 0 radical (unpaired) electrons. The van der Waals surface area contributed by atoms with Crippen LogP contribution in [-0.2, 0) is 4.74 Å². The van der Waals surface area contributed by atoms with E-state index in [0.29, 0.717) is 6.61 Å². The van der Waals surface area contributed by atoms with Gasteiger partial charge in [0.2, 0.25) is 0 Å². The lowest BCUT2D eigenvalue weighted by atomic mass is 10.0. The Morgan fingerprint density at radius 1 is 1.58 bits per heavy atom. The Bertz CT molecular complexity index is 132. The van der Waals surface area contributed by atoms with E-state index < -0.39 is 6.43 Å². The number of rotatable bonds is 3. The molecule has 1 saturated heterocycles. The van der Waals surface area contributed by atoms with Crippen LogP contribution >= 0.6 is 0 Å². The first kappa shape index (κ1) is 9.86. The van der Waals surface area contributed by atoms with Gasteiger partial charge in [-0.3, -0.25) is 0 Å². The highest BCUT2D eigenvalue weighted by Crippen LogP contribution is 2.13. The highest BCUT2D eigenvalue weighted by Gasteiger charge is 2.19. The average molecular weight is 179 g/mol. The fourth-order valence-electron chi connectivity index (χ4n) is 1.44. The molecule has 1 heterocycles. The molecule has 0 aromatic heterocycles. The molecule has 0 aromatic carbocycles. The first-order valence-electron chi connectivity index (χ1n) is 4.31. The highest BCUT2D eigenvalue weighted by molar-refractivity contribution is 4.74. The van der Waals surface area contributed by atoms with Crippen molar-refractivity contribution in [1.82, 2.24) is 5.32 Å². The SMILES string of the molecule is CC1CC(NCC(F)F)CCO1. The molecule has 2 unspecified atom stereocenters. The number of hydrogen-bond acceptors (Lipinski definition) is 2. The number of ether oxygens (including phenoxy) is 1. The minimum atomic E-state index is -2.25. The van der Waals surface area contributed by atoms with Crippen LogP contribution < -0.4 is 5.32 Å². The van der Waals surface area contributed by atoms with Gasteiger partial charge in [0.1, 0.15) is 0 Å². The zero-order valence-electron chi connectivity index (χ0n) is 7.22. The summed E-state index contributed by atoms with van der Waals surface area (Å²) < 4.78 is 28.9. The van der Waals surface area contributed by atoms with Gasteiger partial charge < -0.3 is 10.1 Å². The van der Waals surface area contributed by atoms with Gasteiger partial charge in [-0.05, 0) is 19.8 Å². The van der Waals surface area contributed by atoms with Gasteiger partial charge in [-0.15, -0.1) is 0 Å². The van der Waals surface area contributed by atoms with Crippen molar-refractivity contribution in [2.75, 3.05) is 13.2 Å². The van der Waals surface area contributed by atoms with E-state index in [0.717, 1.165) is 12.8 Å². The molecule has 2 atom stereocenters. The van der Waals surface area contributed by atoms with Crippen LogP contribution in [0.15, 0.2) is 0 Å². The molecule has 4 heteroatoms. The van der Waals surface area contributed by atoms with Crippen LogP contribution in [0.5, 0.6) is 0 Å². The van der Waals surface area contributed by atoms with Crippen molar-refractivity contribution in [2.24, 2.45) is 0 Å². The molecule has 1 N–H and O–H groups in total. The van der Waals surface area contributed by atoms with Crippen molar-refractivity contribution in [3.8, 4) is 0 Å². The van der Waals surface area contributed by atoms with Gasteiger partial charge in [0, 0.05) is 12.6 Å². The molecule has 72 valence electrons. The van der Waals surface area contributed by atoms with Gasteiger partial charge in [0.05, 0.1) is 12.6 Å². The summed E-state index contributed by atoms with van der Waals surface area (Å²) in [5, 5.41) is 2.82. The lowest BCUT2D eigenvalue weighted by Gasteiger charge is -2.27. The summed E-state index contributed by atoms with van der Waals surface area (Å²) in [5.41, 5.74) is 0. The van der Waals surface area contributed by atoms with Crippen LogP contribution in [0.4, 0.5) is 8.78 Å². The third-order valence-corrected chi connectivity index (χ3v) is 2.05. The average Bonchev–Trinajstić information content (AvgIpc) is 2.01. The lowest BCUT2D eigenvalue weighted by Crippen LogP contribution is -2.40. The Morgan fingerprint density at radius 3 is 2.92 bits per heavy atom. The minimum Gasteiger partial charge on any atom is -0.378 e. The first-order valence-corrected chi connectivity index (χ1v) is 4.31. The van der Waals surface area contributed by atoms with Crippen molar-refractivity contribution in [3.63, 3.8) is 0 Å².